The van der Waals surface area contributed by atoms with Crippen LogP contribution in [0.15, 0.2) is 64.9 Å². The molecule has 1 aromatic heterocycles. The van der Waals surface area contributed by atoms with Gasteiger partial charge in [0.1, 0.15) is 11.6 Å². The van der Waals surface area contributed by atoms with Gasteiger partial charge in [-0.05, 0) is 36.1 Å². The molecule has 170 valence electrons. The van der Waals surface area contributed by atoms with Crippen molar-refractivity contribution < 1.29 is 9.53 Å². The summed E-state index contributed by atoms with van der Waals surface area (Å²) in [5, 5.41) is 14.4. The van der Waals surface area contributed by atoms with Crippen molar-refractivity contribution in [2.45, 2.75) is 49.2 Å². The average molecular weight is 462 g/mol. The minimum absolute atomic E-state index is 0.0565. The summed E-state index contributed by atoms with van der Waals surface area (Å²) in [5.41, 5.74) is 2.98. The van der Waals surface area contributed by atoms with Gasteiger partial charge in [-0.25, -0.2) is 9.99 Å². The molecule has 2 heterocycles. The fourth-order valence-corrected chi connectivity index (χ4v) is 5.19. The lowest BCUT2D eigenvalue weighted by atomic mass is 9.98. The maximum Gasteiger partial charge on any atom is 0.253 e. The summed E-state index contributed by atoms with van der Waals surface area (Å²) >= 11 is 1.36. The lowest BCUT2D eigenvalue weighted by molar-refractivity contribution is -0.130. The highest BCUT2D eigenvalue weighted by Gasteiger charge is 2.33. The lowest BCUT2D eigenvalue weighted by Crippen LogP contribution is -2.28. The highest BCUT2D eigenvalue weighted by atomic mass is 32.2. The van der Waals surface area contributed by atoms with Crippen LogP contribution in [-0.2, 0) is 4.79 Å². The number of hydrazone groups is 1. The molecule has 0 bridgehead atoms. The molecule has 1 unspecified atom stereocenters. The number of amides is 1. The summed E-state index contributed by atoms with van der Waals surface area (Å²) in [7, 11) is 1.65. The van der Waals surface area contributed by atoms with Crippen LogP contribution in [0, 0.1) is 0 Å². The Kier molecular flexibility index (Phi) is 6.44. The Morgan fingerprint density at radius 1 is 1.12 bits per heavy atom. The predicted octanol–water partition coefficient (Wildman–Crippen LogP) is 4.94. The molecule has 8 heteroatoms. The third-order valence-electron chi connectivity index (χ3n) is 6.32. The van der Waals surface area contributed by atoms with Crippen molar-refractivity contribution in [3.63, 3.8) is 0 Å². The third-order valence-corrected chi connectivity index (χ3v) is 7.15. The van der Waals surface area contributed by atoms with Crippen molar-refractivity contribution >= 4 is 23.4 Å². The Hall–Kier alpha value is -3.13. The fraction of sp³-hybridized carbons (Fsp3) is 0.360. The van der Waals surface area contributed by atoms with Crippen LogP contribution in [0.4, 0.5) is 0 Å². The van der Waals surface area contributed by atoms with E-state index in [1.54, 1.807) is 12.1 Å². The molecular formula is C25H27N5O2S. The van der Waals surface area contributed by atoms with E-state index in [4.69, 9.17) is 9.84 Å². The third kappa shape index (κ3) is 4.80. The molecule has 2 aromatic carbocycles. The van der Waals surface area contributed by atoms with Crippen molar-refractivity contribution in [1.29, 1.82) is 0 Å². The normalized spacial score (nSPS) is 18.5. The molecule has 1 N–H and O–H groups in total. The van der Waals surface area contributed by atoms with Gasteiger partial charge in [-0.2, -0.15) is 5.10 Å². The van der Waals surface area contributed by atoms with Gasteiger partial charge in [-0.15, -0.1) is 5.10 Å². The van der Waals surface area contributed by atoms with Crippen LogP contribution < -0.4 is 4.74 Å². The zero-order chi connectivity index (χ0) is 22.6. The number of methoxy groups -OCH3 is 1. The SMILES string of the molecule is COc1ccc(C2CC(c3ccccc3)=NN2C(=O)CSc2n[nH]c(C3CCCC3)n2)cc1. The number of hydrogen-bond donors (Lipinski definition) is 1. The van der Waals surface area contributed by atoms with Gasteiger partial charge in [-0.3, -0.25) is 9.89 Å². The van der Waals surface area contributed by atoms with Crippen LogP contribution in [0.25, 0.3) is 0 Å². The second-order valence-electron chi connectivity index (χ2n) is 8.42. The maximum absolute atomic E-state index is 13.3. The largest absolute Gasteiger partial charge is 0.497 e. The number of carbonyl (C=O) groups excluding carboxylic acids is 1. The first-order valence-electron chi connectivity index (χ1n) is 11.4. The first-order valence-corrected chi connectivity index (χ1v) is 12.3. The van der Waals surface area contributed by atoms with E-state index < -0.39 is 0 Å². The molecular weight excluding hydrogens is 434 g/mol. The van der Waals surface area contributed by atoms with E-state index in [0.717, 1.165) is 41.3 Å². The average Bonchev–Trinajstić information content (AvgIpc) is 3.64. The number of nitrogens with zero attached hydrogens (tertiary/aromatic N) is 4. The van der Waals surface area contributed by atoms with E-state index >= 15 is 0 Å². The zero-order valence-electron chi connectivity index (χ0n) is 18.6. The van der Waals surface area contributed by atoms with E-state index in [1.807, 2.05) is 54.6 Å². The molecule has 1 fully saturated rings. The molecule has 0 radical (unpaired) electrons. The lowest BCUT2D eigenvalue weighted by Gasteiger charge is -2.22. The summed E-state index contributed by atoms with van der Waals surface area (Å²) in [6.45, 7) is 0. The molecule has 3 aromatic rings. The molecule has 1 saturated carbocycles. The number of aromatic amines is 1. The minimum atomic E-state index is -0.152. The fourth-order valence-electron chi connectivity index (χ4n) is 4.53. The Bertz CT molecular complexity index is 1120. The quantitative estimate of drug-likeness (QED) is 0.504. The van der Waals surface area contributed by atoms with Crippen LogP contribution in [0.2, 0.25) is 0 Å². The summed E-state index contributed by atoms with van der Waals surface area (Å²) in [4.78, 5) is 17.9. The van der Waals surface area contributed by atoms with Gasteiger partial charge in [-0.1, -0.05) is 67.1 Å². The van der Waals surface area contributed by atoms with Crippen molar-refractivity contribution in [3.05, 3.63) is 71.5 Å². The molecule has 0 saturated heterocycles. The molecule has 0 spiro atoms. The van der Waals surface area contributed by atoms with E-state index in [2.05, 4.69) is 15.2 Å². The Balaban J connectivity index is 1.32. The Morgan fingerprint density at radius 2 is 1.88 bits per heavy atom. The predicted molar refractivity (Wildman–Crippen MR) is 128 cm³/mol. The molecule has 33 heavy (non-hydrogen) atoms. The van der Waals surface area contributed by atoms with Crippen molar-refractivity contribution in [3.8, 4) is 5.75 Å². The molecule has 1 aliphatic carbocycles. The second kappa shape index (κ2) is 9.79. The molecule has 5 rings (SSSR count). The smallest absolute Gasteiger partial charge is 0.253 e. The van der Waals surface area contributed by atoms with Gasteiger partial charge in [0.05, 0.1) is 24.6 Å². The first-order chi connectivity index (χ1) is 16.2. The van der Waals surface area contributed by atoms with Gasteiger partial charge in [0.25, 0.3) is 5.91 Å². The molecule has 1 atom stereocenters. The highest BCUT2D eigenvalue weighted by Crippen LogP contribution is 2.35. The van der Waals surface area contributed by atoms with Gasteiger partial charge in [0.15, 0.2) is 0 Å². The second-order valence-corrected chi connectivity index (χ2v) is 9.36. The number of hydrogen-bond acceptors (Lipinski definition) is 6. The van der Waals surface area contributed by atoms with Gasteiger partial charge >= 0.3 is 0 Å². The number of carbonyl (C=O) groups is 1. The van der Waals surface area contributed by atoms with Crippen LogP contribution in [0.1, 0.15) is 61.0 Å². The number of rotatable bonds is 7. The van der Waals surface area contributed by atoms with Gasteiger partial charge < -0.3 is 4.74 Å². The van der Waals surface area contributed by atoms with E-state index in [9.17, 15) is 4.79 Å². The van der Waals surface area contributed by atoms with E-state index in [0.29, 0.717) is 17.5 Å². The van der Waals surface area contributed by atoms with Crippen molar-refractivity contribution in [1.82, 2.24) is 20.2 Å². The molecule has 1 aliphatic heterocycles. The van der Waals surface area contributed by atoms with E-state index in [-0.39, 0.29) is 17.7 Å². The van der Waals surface area contributed by atoms with Gasteiger partial charge in [0, 0.05) is 12.3 Å². The van der Waals surface area contributed by atoms with Crippen LogP contribution >= 0.6 is 11.8 Å². The van der Waals surface area contributed by atoms with Crippen molar-refractivity contribution in [2.75, 3.05) is 12.9 Å². The summed E-state index contributed by atoms with van der Waals surface area (Å²) in [5.74, 6) is 2.39. The van der Waals surface area contributed by atoms with Crippen LogP contribution in [-0.4, -0.2) is 44.7 Å². The highest BCUT2D eigenvalue weighted by molar-refractivity contribution is 7.99. The molecule has 1 amide bonds. The number of benzene rings is 2. The Morgan fingerprint density at radius 3 is 2.61 bits per heavy atom. The van der Waals surface area contributed by atoms with Crippen molar-refractivity contribution in [2.24, 2.45) is 5.10 Å². The van der Waals surface area contributed by atoms with E-state index in [1.165, 1.54) is 24.6 Å². The molecule has 7 nitrogen and oxygen atoms in total. The minimum Gasteiger partial charge on any atom is -0.497 e. The molecule has 2 aliphatic rings. The first kappa shape index (κ1) is 21.7. The summed E-state index contributed by atoms with van der Waals surface area (Å²) < 4.78 is 5.29. The topological polar surface area (TPSA) is 83.5 Å². The number of thioether (sulfide) groups is 1. The van der Waals surface area contributed by atoms with Gasteiger partial charge in [0.2, 0.25) is 5.16 Å². The number of aromatic nitrogens is 3. The monoisotopic (exact) mass is 461 g/mol. The number of H-pyrrole nitrogens is 1. The summed E-state index contributed by atoms with van der Waals surface area (Å²) in [6.07, 6.45) is 5.48. The summed E-state index contributed by atoms with van der Waals surface area (Å²) in [6, 6.07) is 17.7. The zero-order valence-corrected chi connectivity index (χ0v) is 19.4. The standard InChI is InChI=1S/C25H27N5O2S/c1-32-20-13-11-18(12-14-20)22-15-21(17-7-3-2-4-8-17)29-30(22)23(31)16-33-25-26-24(27-28-25)19-9-5-6-10-19/h2-4,7-8,11-14,19,22H,5-6,9-10,15-16H2,1H3,(H,26,27,28). The van der Waals surface area contributed by atoms with Crippen LogP contribution in [0.3, 0.4) is 0 Å². The number of nitrogens with one attached hydrogen (secondary N) is 1. The number of ether oxygens (including phenoxy) is 1. The maximum atomic E-state index is 13.3. The van der Waals surface area contributed by atoms with Crippen LogP contribution in [0.5, 0.6) is 5.75 Å². The Labute approximate surface area is 197 Å².